The second kappa shape index (κ2) is 6.30. The number of halogens is 1. The van der Waals surface area contributed by atoms with E-state index >= 15 is 0 Å². The number of benzene rings is 1. The zero-order valence-electron chi connectivity index (χ0n) is 14.9. The summed E-state index contributed by atoms with van der Waals surface area (Å²) in [4.78, 5) is 9.21. The molecule has 5 heteroatoms. The van der Waals surface area contributed by atoms with E-state index in [1.807, 2.05) is 12.1 Å². The summed E-state index contributed by atoms with van der Waals surface area (Å²) in [6, 6.07) is 12.1. The number of nitrogens with zero attached hydrogens (tertiary/aromatic N) is 3. The third kappa shape index (κ3) is 2.86. The maximum absolute atomic E-state index is 13.5. The number of methoxy groups -OCH3 is 1. The first-order valence-electron chi connectivity index (χ1n) is 8.79. The van der Waals surface area contributed by atoms with Crippen LogP contribution in [0.15, 0.2) is 36.4 Å². The summed E-state index contributed by atoms with van der Waals surface area (Å²) < 4.78 is 18.8. The van der Waals surface area contributed by atoms with Gasteiger partial charge in [-0.05, 0) is 49.7 Å². The SMILES string of the molecule is COc1ccc([C@@H]2[C@@H]3CN(c4ccc(F)c(C)n4)C[C@@H]3CN2C)cc1. The van der Waals surface area contributed by atoms with E-state index in [-0.39, 0.29) is 5.82 Å². The highest BCUT2D eigenvalue weighted by Gasteiger charge is 2.46. The Hall–Kier alpha value is -2.14. The summed E-state index contributed by atoms with van der Waals surface area (Å²) in [5, 5.41) is 0. The summed E-state index contributed by atoms with van der Waals surface area (Å²) in [7, 11) is 3.90. The Kier molecular flexibility index (Phi) is 4.12. The number of aromatic nitrogens is 1. The molecule has 3 atom stereocenters. The maximum atomic E-state index is 13.5. The quantitative estimate of drug-likeness (QED) is 0.857. The van der Waals surface area contributed by atoms with Crippen LogP contribution in [0.3, 0.4) is 0 Å². The summed E-state index contributed by atoms with van der Waals surface area (Å²) in [5.41, 5.74) is 1.80. The fourth-order valence-electron chi connectivity index (χ4n) is 4.45. The molecule has 25 heavy (non-hydrogen) atoms. The Morgan fingerprint density at radius 2 is 1.84 bits per heavy atom. The van der Waals surface area contributed by atoms with E-state index in [2.05, 4.69) is 34.0 Å². The Balaban J connectivity index is 1.56. The largest absolute Gasteiger partial charge is 0.497 e. The van der Waals surface area contributed by atoms with E-state index in [0.717, 1.165) is 31.2 Å². The van der Waals surface area contributed by atoms with Crippen molar-refractivity contribution in [3.8, 4) is 5.75 Å². The van der Waals surface area contributed by atoms with E-state index in [9.17, 15) is 4.39 Å². The summed E-state index contributed by atoms with van der Waals surface area (Å²) in [5.74, 6) is 2.72. The number of anilines is 1. The molecule has 0 N–H and O–H groups in total. The molecule has 0 saturated carbocycles. The van der Waals surface area contributed by atoms with Gasteiger partial charge < -0.3 is 9.64 Å². The van der Waals surface area contributed by atoms with Gasteiger partial charge in [-0.25, -0.2) is 9.37 Å². The molecule has 1 aromatic heterocycles. The monoisotopic (exact) mass is 341 g/mol. The molecule has 2 aromatic rings. The Bertz CT molecular complexity index is 764. The van der Waals surface area contributed by atoms with Crippen LogP contribution >= 0.6 is 0 Å². The third-order valence-electron chi connectivity index (χ3n) is 5.68. The lowest BCUT2D eigenvalue weighted by atomic mass is 9.89. The number of hydrogen-bond donors (Lipinski definition) is 0. The summed E-state index contributed by atoms with van der Waals surface area (Å²) in [6.45, 7) is 4.76. The first-order valence-corrected chi connectivity index (χ1v) is 8.79. The molecule has 2 aliphatic rings. The van der Waals surface area contributed by atoms with E-state index in [0.29, 0.717) is 23.6 Å². The minimum Gasteiger partial charge on any atom is -0.497 e. The van der Waals surface area contributed by atoms with Crippen molar-refractivity contribution in [2.24, 2.45) is 11.8 Å². The van der Waals surface area contributed by atoms with Gasteiger partial charge in [0.05, 0.1) is 12.8 Å². The third-order valence-corrected chi connectivity index (χ3v) is 5.68. The van der Waals surface area contributed by atoms with Gasteiger partial charge in [0.2, 0.25) is 0 Å². The van der Waals surface area contributed by atoms with Crippen LogP contribution in [0.5, 0.6) is 5.75 Å². The van der Waals surface area contributed by atoms with Crippen LogP contribution in [0.2, 0.25) is 0 Å². The van der Waals surface area contributed by atoms with Crippen LogP contribution in [0.25, 0.3) is 0 Å². The number of rotatable bonds is 3. The number of likely N-dealkylation sites (tertiary alicyclic amines) is 1. The zero-order valence-corrected chi connectivity index (χ0v) is 14.9. The van der Waals surface area contributed by atoms with Gasteiger partial charge >= 0.3 is 0 Å². The fourth-order valence-corrected chi connectivity index (χ4v) is 4.45. The van der Waals surface area contributed by atoms with Crippen LogP contribution in [-0.4, -0.2) is 43.7 Å². The van der Waals surface area contributed by atoms with Crippen molar-refractivity contribution in [1.29, 1.82) is 0 Å². The smallest absolute Gasteiger partial charge is 0.144 e. The van der Waals surface area contributed by atoms with Gasteiger partial charge in [0, 0.05) is 31.6 Å². The van der Waals surface area contributed by atoms with Gasteiger partial charge in [-0.2, -0.15) is 0 Å². The average molecular weight is 341 g/mol. The molecule has 0 unspecified atom stereocenters. The van der Waals surface area contributed by atoms with E-state index in [4.69, 9.17) is 4.74 Å². The van der Waals surface area contributed by atoms with Crippen molar-refractivity contribution < 1.29 is 9.13 Å². The number of ether oxygens (including phenoxy) is 1. The molecule has 2 saturated heterocycles. The van der Waals surface area contributed by atoms with E-state index in [1.165, 1.54) is 11.6 Å². The van der Waals surface area contributed by atoms with Crippen LogP contribution in [0.4, 0.5) is 10.2 Å². The van der Waals surface area contributed by atoms with E-state index < -0.39 is 0 Å². The van der Waals surface area contributed by atoms with Crippen molar-refractivity contribution in [2.75, 3.05) is 38.7 Å². The Morgan fingerprint density at radius 1 is 1.08 bits per heavy atom. The van der Waals surface area contributed by atoms with Gasteiger partial charge in [0.25, 0.3) is 0 Å². The molecule has 0 spiro atoms. The molecule has 132 valence electrons. The first kappa shape index (κ1) is 16.3. The molecule has 2 aliphatic heterocycles. The molecule has 0 amide bonds. The van der Waals surface area contributed by atoms with Crippen molar-refractivity contribution in [1.82, 2.24) is 9.88 Å². The number of hydrogen-bond acceptors (Lipinski definition) is 4. The molecule has 4 rings (SSSR count). The second-order valence-corrected chi connectivity index (χ2v) is 7.22. The van der Waals surface area contributed by atoms with Gasteiger partial charge in [-0.15, -0.1) is 0 Å². The Morgan fingerprint density at radius 3 is 2.52 bits per heavy atom. The second-order valence-electron chi connectivity index (χ2n) is 7.22. The molecular formula is C20H24FN3O. The molecule has 4 nitrogen and oxygen atoms in total. The summed E-state index contributed by atoms with van der Waals surface area (Å²) >= 11 is 0. The van der Waals surface area contributed by atoms with Gasteiger partial charge in [0.1, 0.15) is 17.4 Å². The average Bonchev–Trinajstić information content (AvgIpc) is 3.14. The van der Waals surface area contributed by atoms with Crippen molar-refractivity contribution in [2.45, 2.75) is 13.0 Å². The lowest BCUT2D eigenvalue weighted by molar-refractivity contribution is 0.279. The molecule has 3 heterocycles. The highest BCUT2D eigenvalue weighted by molar-refractivity contribution is 5.42. The summed E-state index contributed by atoms with van der Waals surface area (Å²) in [6.07, 6.45) is 0. The molecule has 0 radical (unpaired) electrons. The Labute approximate surface area is 148 Å². The van der Waals surface area contributed by atoms with Crippen molar-refractivity contribution >= 4 is 5.82 Å². The predicted octanol–water partition coefficient (Wildman–Crippen LogP) is 3.28. The van der Waals surface area contributed by atoms with Gasteiger partial charge in [-0.1, -0.05) is 12.1 Å². The minimum atomic E-state index is -0.237. The lowest BCUT2D eigenvalue weighted by Crippen LogP contribution is -2.29. The normalized spacial score (nSPS) is 26.1. The first-order chi connectivity index (χ1) is 12.1. The fraction of sp³-hybridized carbons (Fsp3) is 0.450. The van der Waals surface area contributed by atoms with Crippen LogP contribution in [-0.2, 0) is 0 Å². The predicted molar refractivity (Wildman–Crippen MR) is 96.5 cm³/mol. The van der Waals surface area contributed by atoms with Crippen LogP contribution < -0.4 is 9.64 Å². The molecular weight excluding hydrogens is 317 g/mol. The van der Waals surface area contributed by atoms with Gasteiger partial charge in [0.15, 0.2) is 0 Å². The number of pyridine rings is 1. The number of aryl methyl sites for hydroxylation is 1. The lowest BCUT2D eigenvalue weighted by Gasteiger charge is -2.27. The minimum absolute atomic E-state index is 0.237. The van der Waals surface area contributed by atoms with Crippen LogP contribution in [0, 0.1) is 24.6 Å². The molecule has 2 fully saturated rings. The van der Waals surface area contributed by atoms with Crippen molar-refractivity contribution in [3.05, 3.63) is 53.5 Å². The standard InChI is InChI=1S/C20H24FN3O/c1-13-18(21)8-9-19(22-13)24-11-15-10-23(2)20(17(15)12-24)14-4-6-16(25-3)7-5-14/h4-9,15,17,20H,10-12H2,1-3H3/t15-,17+,20+/m0/s1. The van der Waals surface area contributed by atoms with Crippen molar-refractivity contribution in [3.63, 3.8) is 0 Å². The highest BCUT2D eigenvalue weighted by Crippen LogP contribution is 2.45. The highest BCUT2D eigenvalue weighted by atomic mass is 19.1. The molecule has 0 bridgehead atoms. The number of fused-ring (bicyclic) bond motifs is 1. The van der Waals surface area contributed by atoms with Crippen LogP contribution in [0.1, 0.15) is 17.3 Å². The maximum Gasteiger partial charge on any atom is 0.144 e. The topological polar surface area (TPSA) is 28.6 Å². The van der Waals surface area contributed by atoms with Gasteiger partial charge in [-0.3, -0.25) is 4.90 Å². The zero-order chi connectivity index (χ0) is 17.6. The molecule has 0 aliphatic carbocycles. The molecule has 1 aromatic carbocycles. The van der Waals surface area contributed by atoms with E-state index in [1.54, 1.807) is 20.1 Å².